The van der Waals surface area contributed by atoms with E-state index in [4.69, 9.17) is 9.47 Å². The molecule has 6 heteroatoms. The highest BCUT2D eigenvalue weighted by Gasteiger charge is 2.24. The van der Waals surface area contributed by atoms with Crippen molar-refractivity contribution in [3.63, 3.8) is 0 Å². The molecule has 1 aromatic rings. The minimum absolute atomic E-state index is 0.1000. The maximum atomic E-state index is 5.45. The van der Waals surface area contributed by atoms with Gasteiger partial charge in [0.1, 0.15) is 0 Å². The molecule has 1 N–H and O–H groups in total. The van der Waals surface area contributed by atoms with E-state index in [-0.39, 0.29) is 12.3 Å². The number of hydrogen-bond acceptors (Lipinski definition) is 4. The van der Waals surface area contributed by atoms with E-state index in [1.54, 1.807) is 14.2 Å². The molecule has 0 spiro atoms. The largest absolute Gasteiger partial charge is 0.354 e. The van der Waals surface area contributed by atoms with Gasteiger partial charge >= 0.3 is 0 Å². The van der Waals surface area contributed by atoms with E-state index in [0.29, 0.717) is 0 Å². The van der Waals surface area contributed by atoms with Gasteiger partial charge in [-0.05, 0) is 42.2 Å². The van der Waals surface area contributed by atoms with Crippen molar-refractivity contribution in [2.45, 2.75) is 58.9 Å². The van der Waals surface area contributed by atoms with Crippen molar-refractivity contribution in [2.75, 3.05) is 20.8 Å². The van der Waals surface area contributed by atoms with Crippen LogP contribution in [-0.2, 0) is 28.9 Å². The number of halogens is 1. The molecule has 1 atom stereocenters. The summed E-state index contributed by atoms with van der Waals surface area (Å²) in [6, 6.07) is 0.1000. The molecule has 0 saturated carbocycles. The Morgan fingerprint density at radius 3 is 2.38 bits per heavy atom. The van der Waals surface area contributed by atoms with Crippen molar-refractivity contribution in [3.05, 3.63) is 15.9 Å². The number of methoxy groups -OCH3 is 2. The van der Waals surface area contributed by atoms with E-state index >= 15 is 0 Å². The Balaban J connectivity index is 2.98. The Labute approximate surface area is 136 Å². The van der Waals surface area contributed by atoms with Gasteiger partial charge < -0.3 is 14.8 Å². The molecule has 0 aromatic carbocycles. The van der Waals surface area contributed by atoms with Crippen LogP contribution in [0.4, 0.5) is 0 Å². The zero-order valence-electron chi connectivity index (χ0n) is 13.8. The SMILES string of the molecule is CCCNC(Cc1c(Br)c(CC)nn1CC)C(OC)OC. The smallest absolute Gasteiger partial charge is 0.172 e. The number of nitrogens with zero attached hydrogens (tertiary/aromatic N) is 2. The molecular formula is C15H28BrN3O2. The summed E-state index contributed by atoms with van der Waals surface area (Å²) in [5.41, 5.74) is 2.30. The second-order valence-corrected chi connectivity index (χ2v) is 5.77. The quantitative estimate of drug-likeness (QED) is 0.651. The molecule has 0 aliphatic carbocycles. The lowest BCUT2D eigenvalue weighted by molar-refractivity contribution is -0.122. The summed E-state index contributed by atoms with van der Waals surface area (Å²) in [5, 5.41) is 8.17. The third kappa shape index (κ3) is 4.77. The summed E-state index contributed by atoms with van der Waals surface area (Å²) in [6.07, 6.45) is 2.54. The highest BCUT2D eigenvalue weighted by Crippen LogP contribution is 2.24. The zero-order valence-corrected chi connectivity index (χ0v) is 15.4. The summed E-state index contributed by atoms with van der Waals surface area (Å²) < 4.78 is 14.1. The summed E-state index contributed by atoms with van der Waals surface area (Å²) in [5.74, 6) is 0. The second-order valence-electron chi connectivity index (χ2n) is 4.98. The maximum Gasteiger partial charge on any atom is 0.172 e. The minimum atomic E-state index is -0.270. The summed E-state index contributed by atoms with van der Waals surface area (Å²) >= 11 is 3.70. The van der Waals surface area contributed by atoms with Crippen LogP contribution in [0.5, 0.6) is 0 Å². The van der Waals surface area contributed by atoms with Crippen LogP contribution in [0.3, 0.4) is 0 Å². The number of nitrogens with one attached hydrogen (secondary N) is 1. The summed E-state index contributed by atoms with van der Waals surface area (Å²) in [7, 11) is 3.36. The molecule has 1 heterocycles. The maximum absolute atomic E-state index is 5.45. The standard InChI is InChI=1S/C15H28BrN3O2/c1-6-9-17-12(15(20-4)21-5)10-13-14(16)11(7-2)18-19(13)8-3/h12,15,17H,6-10H2,1-5H3. The Kier molecular flexibility index (Phi) is 8.48. The van der Waals surface area contributed by atoms with E-state index in [0.717, 1.165) is 42.5 Å². The van der Waals surface area contributed by atoms with Crippen molar-refractivity contribution in [1.82, 2.24) is 15.1 Å². The van der Waals surface area contributed by atoms with Gasteiger partial charge in [0.15, 0.2) is 6.29 Å². The van der Waals surface area contributed by atoms with Crippen LogP contribution in [0, 0.1) is 0 Å². The third-order valence-electron chi connectivity index (χ3n) is 3.56. The highest BCUT2D eigenvalue weighted by molar-refractivity contribution is 9.10. The van der Waals surface area contributed by atoms with Gasteiger partial charge in [-0.2, -0.15) is 5.10 Å². The van der Waals surface area contributed by atoms with Crippen LogP contribution in [0.25, 0.3) is 0 Å². The fraction of sp³-hybridized carbons (Fsp3) is 0.800. The van der Waals surface area contributed by atoms with Gasteiger partial charge in [0.25, 0.3) is 0 Å². The predicted molar refractivity (Wildman–Crippen MR) is 88.6 cm³/mol. The molecule has 0 amide bonds. The first kappa shape index (κ1) is 18.6. The molecule has 0 aliphatic rings. The van der Waals surface area contributed by atoms with Gasteiger partial charge in [-0.1, -0.05) is 13.8 Å². The van der Waals surface area contributed by atoms with Crippen LogP contribution in [0.2, 0.25) is 0 Å². The molecule has 0 radical (unpaired) electrons. The zero-order chi connectivity index (χ0) is 15.8. The monoisotopic (exact) mass is 361 g/mol. The number of hydrogen-bond donors (Lipinski definition) is 1. The van der Waals surface area contributed by atoms with Gasteiger partial charge in [-0.3, -0.25) is 4.68 Å². The first-order valence-electron chi connectivity index (χ1n) is 7.65. The summed E-state index contributed by atoms with van der Waals surface area (Å²) in [4.78, 5) is 0. The lowest BCUT2D eigenvalue weighted by Crippen LogP contribution is -2.44. The van der Waals surface area contributed by atoms with Crippen molar-refractivity contribution in [1.29, 1.82) is 0 Å². The van der Waals surface area contributed by atoms with Crippen LogP contribution < -0.4 is 5.32 Å². The highest BCUT2D eigenvalue weighted by atomic mass is 79.9. The number of aryl methyl sites for hydroxylation is 2. The van der Waals surface area contributed by atoms with Crippen molar-refractivity contribution in [3.8, 4) is 0 Å². The van der Waals surface area contributed by atoms with Gasteiger partial charge in [-0.15, -0.1) is 0 Å². The van der Waals surface area contributed by atoms with Crippen LogP contribution in [-0.4, -0.2) is 42.9 Å². The second kappa shape index (κ2) is 9.56. The van der Waals surface area contributed by atoms with E-state index in [9.17, 15) is 0 Å². The molecule has 0 fully saturated rings. The minimum Gasteiger partial charge on any atom is -0.354 e. The predicted octanol–water partition coefficient (Wildman–Crippen LogP) is 2.76. The number of aromatic nitrogens is 2. The fourth-order valence-corrected chi connectivity index (χ4v) is 3.17. The van der Waals surface area contributed by atoms with Gasteiger partial charge in [0, 0.05) is 27.2 Å². The Hall–Kier alpha value is -0.430. The first-order chi connectivity index (χ1) is 10.1. The van der Waals surface area contributed by atoms with Gasteiger partial charge in [-0.25, -0.2) is 0 Å². The van der Waals surface area contributed by atoms with Crippen molar-refractivity contribution >= 4 is 15.9 Å². The van der Waals surface area contributed by atoms with Crippen molar-refractivity contribution in [2.24, 2.45) is 0 Å². The number of rotatable bonds is 10. The molecule has 5 nitrogen and oxygen atoms in total. The van der Waals surface area contributed by atoms with Crippen molar-refractivity contribution < 1.29 is 9.47 Å². The molecule has 21 heavy (non-hydrogen) atoms. The lowest BCUT2D eigenvalue weighted by Gasteiger charge is -2.26. The van der Waals surface area contributed by atoms with E-state index in [2.05, 4.69) is 51.8 Å². The lowest BCUT2D eigenvalue weighted by atomic mass is 10.1. The van der Waals surface area contributed by atoms with Gasteiger partial charge in [0.2, 0.25) is 0 Å². The Morgan fingerprint density at radius 1 is 1.24 bits per heavy atom. The van der Waals surface area contributed by atoms with E-state index in [1.165, 1.54) is 5.69 Å². The topological polar surface area (TPSA) is 48.3 Å². The molecule has 1 unspecified atom stereocenters. The Morgan fingerprint density at radius 2 is 1.90 bits per heavy atom. The molecule has 0 saturated heterocycles. The number of ether oxygens (including phenoxy) is 2. The molecule has 122 valence electrons. The molecular weight excluding hydrogens is 334 g/mol. The fourth-order valence-electron chi connectivity index (χ4n) is 2.44. The molecule has 0 aliphatic heterocycles. The van der Waals surface area contributed by atoms with Crippen LogP contribution in [0.15, 0.2) is 4.47 Å². The average molecular weight is 362 g/mol. The van der Waals surface area contributed by atoms with Crippen LogP contribution in [0.1, 0.15) is 38.6 Å². The first-order valence-corrected chi connectivity index (χ1v) is 8.45. The van der Waals surface area contributed by atoms with Gasteiger partial charge in [0.05, 0.1) is 21.9 Å². The van der Waals surface area contributed by atoms with E-state index in [1.807, 2.05) is 0 Å². The average Bonchev–Trinajstić information content (AvgIpc) is 2.81. The van der Waals surface area contributed by atoms with E-state index < -0.39 is 0 Å². The molecule has 1 rings (SSSR count). The molecule has 0 bridgehead atoms. The summed E-state index contributed by atoms with van der Waals surface area (Å²) in [6.45, 7) is 8.18. The normalized spacial score (nSPS) is 13.1. The van der Waals surface area contributed by atoms with Crippen LogP contribution >= 0.6 is 15.9 Å². The molecule has 1 aromatic heterocycles. The Bertz CT molecular complexity index is 419. The third-order valence-corrected chi connectivity index (χ3v) is 4.47.